The maximum atomic E-state index is 12.5. The van der Waals surface area contributed by atoms with E-state index in [0.717, 1.165) is 31.5 Å². The fourth-order valence-electron chi connectivity index (χ4n) is 3.53. The Bertz CT molecular complexity index is 770. The second-order valence-electron chi connectivity index (χ2n) is 8.39. The van der Waals surface area contributed by atoms with E-state index in [0.29, 0.717) is 5.56 Å². The van der Waals surface area contributed by atoms with Crippen LogP contribution in [-0.4, -0.2) is 30.1 Å². The molecule has 0 saturated carbocycles. The van der Waals surface area contributed by atoms with Crippen LogP contribution in [-0.2, 0) is 12.0 Å². The van der Waals surface area contributed by atoms with Gasteiger partial charge in [0, 0.05) is 30.4 Å². The van der Waals surface area contributed by atoms with Crippen molar-refractivity contribution in [3.8, 4) is 0 Å². The van der Waals surface area contributed by atoms with Crippen molar-refractivity contribution in [2.24, 2.45) is 0 Å². The number of amides is 1. The summed E-state index contributed by atoms with van der Waals surface area (Å²) in [6, 6.07) is 16.2. The fourth-order valence-corrected chi connectivity index (χ4v) is 3.53. The summed E-state index contributed by atoms with van der Waals surface area (Å²) < 4.78 is 0. The van der Waals surface area contributed by atoms with Gasteiger partial charge in [0.05, 0.1) is 6.61 Å². The lowest BCUT2D eigenvalue weighted by Crippen LogP contribution is -2.44. The second kappa shape index (κ2) is 8.13. The van der Waals surface area contributed by atoms with Crippen LogP contribution in [0, 0.1) is 0 Å². The molecule has 1 saturated heterocycles. The van der Waals surface area contributed by atoms with Gasteiger partial charge < -0.3 is 15.3 Å². The Labute approximate surface area is 162 Å². The van der Waals surface area contributed by atoms with E-state index in [4.69, 9.17) is 0 Å². The maximum absolute atomic E-state index is 12.5. The van der Waals surface area contributed by atoms with E-state index in [-0.39, 0.29) is 24.0 Å². The van der Waals surface area contributed by atoms with Gasteiger partial charge in [-0.25, -0.2) is 0 Å². The fraction of sp³-hybridized carbons (Fsp3) is 0.435. The number of hydrogen-bond acceptors (Lipinski definition) is 3. The number of piperidine rings is 1. The van der Waals surface area contributed by atoms with Crippen LogP contribution in [0.5, 0.6) is 0 Å². The van der Waals surface area contributed by atoms with Crippen molar-refractivity contribution in [3.63, 3.8) is 0 Å². The molecule has 0 aromatic heterocycles. The lowest BCUT2D eigenvalue weighted by atomic mass is 9.87. The quantitative estimate of drug-likeness (QED) is 0.863. The van der Waals surface area contributed by atoms with Crippen molar-refractivity contribution in [2.45, 2.75) is 51.7 Å². The molecule has 2 aromatic rings. The molecule has 0 radical (unpaired) electrons. The largest absolute Gasteiger partial charge is 0.392 e. The number of aliphatic hydroxyl groups is 1. The highest BCUT2D eigenvalue weighted by molar-refractivity contribution is 5.94. The summed E-state index contributed by atoms with van der Waals surface area (Å²) in [5, 5.41) is 12.4. The molecule has 1 aliphatic rings. The molecule has 2 N–H and O–H groups in total. The van der Waals surface area contributed by atoms with Crippen molar-refractivity contribution in [1.82, 2.24) is 5.32 Å². The molecule has 0 aliphatic carbocycles. The second-order valence-corrected chi connectivity index (χ2v) is 8.39. The van der Waals surface area contributed by atoms with E-state index in [1.54, 1.807) is 12.1 Å². The molecule has 1 amide bonds. The Balaban J connectivity index is 1.55. The Morgan fingerprint density at radius 1 is 1.11 bits per heavy atom. The molecule has 4 nitrogen and oxygen atoms in total. The predicted octanol–water partition coefficient (Wildman–Crippen LogP) is 3.88. The standard InChI is InChI=1S/C23H30N2O2/c1-23(2,3)19-7-9-21(10-8-19)25-13-11-20(12-14-25)24-22(27)18-6-4-5-17(15-18)16-26/h4-10,15,20,26H,11-14,16H2,1-3H3,(H,24,27). The number of carbonyl (C=O) groups is 1. The van der Waals surface area contributed by atoms with Crippen molar-refractivity contribution in [3.05, 3.63) is 65.2 Å². The summed E-state index contributed by atoms with van der Waals surface area (Å²) in [4.78, 5) is 14.8. The van der Waals surface area contributed by atoms with Gasteiger partial charge in [0.15, 0.2) is 0 Å². The molecule has 3 rings (SSSR count). The van der Waals surface area contributed by atoms with Gasteiger partial charge in [-0.05, 0) is 53.6 Å². The number of nitrogens with zero attached hydrogens (tertiary/aromatic N) is 1. The lowest BCUT2D eigenvalue weighted by Gasteiger charge is -2.34. The number of anilines is 1. The third kappa shape index (κ3) is 4.89. The first-order valence-electron chi connectivity index (χ1n) is 9.73. The van der Waals surface area contributed by atoms with Gasteiger partial charge in [0.25, 0.3) is 5.91 Å². The Hall–Kier alpha value is -2.33. The summed E-state index contributed by atoms with van der Waals surface area (Å²) in [5.74, 6) is -0.0571. The highest BCUT2D eigenvalue weighted by Crippen LogP contribution is 2.26. The van der Waals surface area contributed by atoms with E-state index in [1.807, 2.05) is 12.1 Å². The minimum Gasteiger partial charge on any atom is -0.392 e. The maximum Gasteiger partial charge on any atom is 0.251 e. The molecule has 1 heterocycles. The van der Waals surface area contributed by atoms with Crippen LogP contribution in [0.25, 0.3) is 0 Å². The van der Waals surface area contributed by atoms with Gasteiger partial charge in [-0.15, -0.1) is 0 Å². The van der Waals surface area contributed by atoms with Crippen LogP contribution in [0.1, 0.15) is 55.1 Å². The van der Waals surface area contributed by atoms with E-state index in [2.05, 4.69) is 55.3 Å². The molecule has 2 aromatic carbocycles. The number of nitrogens with one attached hydrogen (secondary N) is 1. The zero-order valence-corrected chi connectivity index (χ0v) is 16.5. The van der Waals surface area contributed by atoms with E-state index < -0.39 is 0 Å². The summed E-state index contributed by atoms with van der Waals surface area (Å²) in [6.45, 7) is 8.52. The van der Waals surface area contributed by atoms with Crippen molar-refractivity contribution in [2.75, 3.05) is 18.0 Å². The molecule has 1 aliphatic heterocycles. The smallest absolute Gasteiger partial charge is 0.251 e. The monoisotopic (exact) mass is 366 g/mol. The molecular weight excluding hydrogens is 336 g/mol. The number of carbonyl (C=O) groups excluding carboxylic acids is 1. The van der Waals surface area contributed by atoms with Gasteiger partial charge in [0.1, 0.15) is 0 Å². The first-order valence-corrected chi connectivity index (χ1v) is 9.73. The highest BCUT2D eigenvalue weighted by Gasteiger charge is 2.22. The zero-order valence-electron chi connectivity index (χ0n) is 16.5. The molecule has 0 atom stereocenters. The molecule has 144 valence electrons. The Morgan fingerprint density at radius 3 is 2.37 bits per heavy atom. The summed E-state index contributed by atoms with van der Waals surface area (Å²) >= 11 is 0. The van der Waals surface area contributed by atoms with Gasteiger partial charge in [-0.3, -0.25) is 4.79 Å². The Morgan fingerprint density at radius 2 is 1.78 bits per heavy atom. The van der Waals surface area contributed by atoms with Crippen molar-refractivity contribution in [1.29, 1.82) is 0 Å². The highest BCUT2D eigenvalue weighted by atomic mass is 16.3. The number of benzene rings is 2. The van der Waals surface area contributed by atoms with Crippen molar-refractivity contribution < 1.29 is 9.90 Å². The van der Waals surface area contributed by atoms with E-state index in [9.17, 15) is 9.90 Å². The molecular formula is C23H30N2O2. The Kier molecular flexibility index (Phi) is 5.85. The van der Waals surface area contributed by atoms with Crippen LogP contribution in [0.15, 0.2) is 48.5 Å². The zero-order chi connectivity index (χ0) is 19.4. The molecule has 1 fully saturated rings. The molecule has 27 heavy (non-hydrogen) atoms. The van der Waals surface area contributed by atoms with Crippen LogP contribution < -0.4 is 10.2 Å². The average molecular weight is 367 g/mol. The molecule has 0 bridgehead atoms. The van der Waals surface area contributed by atoms with E-state index in [1.165, 1.54) is 11.3 Å². The van der Waals surface area contributed by atoms with E-state index >= 15 is 0 Å². The first kappa shape index (κ1) is 19.4. The topological polar surface area (TPSA) is 52.6 Å². The van der Waals surface area contributed by atoms with Gasteiger partial charge >= 0.3 is 0 Å². The van der Waals surface area contributed by atoms with Gasteiger partial charge in [-0.2, -0.15) is 0 Å². The third-order valence-corrected chi connectivity index (χ3v) is 5.30. The van der Waals surface area contributed by atoms with Gasteiger partial charge in [0.2, 0.25) is 0 Å². The minimum atomic E-state index is -0.0571. The predicted molar refractivity (Wildman–Crippen MR) is 110 cm³/mol. The molecule has 4 heteroatoms. The normalized spacial score (nSPS) is 15.6. The van der Waals surface area contributed by atoms with Crippen molar-refractivity contribution >= 4 is 11.6 Å². The summed E-state index contributed by atoms with van der Waals surface area (Å²) in [6.07, 6.45) is 1.87. The lowest BCUT2D eigenvalue weighted by molar-refractivity contribution is 0.0931. The summed E-state index contributed by atoms with van der Waals surface area (Å²) in [7, 11) is 0. The van der Waals surface area contributed by atoms with Crippen LogP contribution in [0.4, 0.5) is 5.69 Å². The summed E-state index contributed by atoms with van der Waals surface area (Å²) in [5.41, 5.74) is 4.14. The first-order chi connectivity index (χ1) is 12.9. The number of rotatable bonds is 4. The van der Waals surface area contributed by atoms with Crippen LogP contribution >= 0.6 is 0 Å². The van der Waals surface area contributed by atoms with Crippen LogP contribution in [0.3, 0.4) is 0 Å². The number of aliphatic hydroxyl groups excluding tert-OH is 1. The number of hydrogen-bond donors (Lipinski definition) is 2. The van der Waals surface area contributed by atoms with Gasteiger partial charge in [-0.1, -0.05) is 45.0 Å². The molecule has 0 spiro atoms. The SMILES string of the molecule is CC(C)(C)c1ccc(N2CCC(NC(=O)c3cccc(CO)c3)CC2)cc1. The van der Waals surface area contributed by atoms with Crippen LogP contribution in [0.2, 0.25) is 0 Å². The minimum absolute atomic E-state index is 0.0481. The molecule has 0 unspecified atom stereocenters. The average Bonchev–Trinajstić information content (AvgIpc) is 2.68. The third-order valence-electron chi connectivity index (χ3n) is 5.30.